The molecule has 0 radical (unpaired) electrons. The van der Waals surface area contributed by atoms with Crippen molar-refractivity contribution < 1.29 is 0 Å². The van der Waals surface area contributed by atoms with E-state index >= 15 is 0 Å². The minimum absolute atomic E-state index is 0.183. The number of aliphatic imine (C=N–C) groups is 1. The Labute approximate surface area is 193 Å². The van der Waals surface area contributed by atoms with Gasteiger partial charge in [0.1, 0.15) is 5.84 Å². The van der Waals surface area contributed by atoms with Gasteiger partial charge in [-0.2, -0.15) is 0 Å². The first-order chi connectivity index (χ1) is 14.6. The van der Waals surface area contributed by atoms with Crippen LogP contribution in [0.1, 0.15) is 92.2 Å². The van der Waals surface area contributed by atoms with Crippen molar-refractivity contribution >= 4 is 11.5 Å². The molecule has 3 nitrogen and oxygen atoms in total. The van der Waals surface area contributed by atoms with Gasteiger partial charge in [0.25, 0.3) is 0 Å². The molecular weight excluding hydrogens is 378 g/mol. The molecule has 1 aliphatic heterocycles. The van der Waals surface area contributed by atoms with Crippen LogP contribution in [0.3, 0.4) is 0 Å². The highest BCUT2D eigenvalue weighted by molar-refractivity contribution is 5.96. The third-order valence-corrected chi connectivity index (χ3v) is 5.49. The van der Waals surface area contributed by atoms with Gasteiger partial charge in [-0.1, -0.05) is 85.4 Å². The van der Waals surface area contributed by atoms with Crippen molar-refractivity contribution in [3.05, 3.63) is 54.1 Å². The van der Waals surface area contributed by atoms with Gasteiger partial charge in [0, 0.05) is 13.1 Å². The van der Waals surface area contributed by atoms with Crippen LogP contribution in [-0.4, -0.2) is 30.9 Å². The van der Waals surface area contributed by atoms with Crippen molar-refractivity contribution in [3.63, 3.8) is 0 Å². The number of hydrogen-bond donors (Lipinski definition) is 1. The minimum atomic E-state index is 0.183. The molecule has 0 aromatic heterocycles. The van der Waals surface area contributed by atoms with Gasteiger partial charge in [0.2, 0.25) is 0 Å². The normalized spacial score (nSPS) is 14.6. The number of likely N-dealkylation sites (tertiary alicyclic amines) is 1. The maximum atomic E-state index is 4.84. The average molecular weight is 428 g/mol. The van der Waals surface area contributed by atoms with Crippen molar-refractivity contribution in [2.45, 2.75) is 86.5 Å². The molecule has 0 bridgehead atoms. The molecule has 2 rings (SSSR count). The van der Waals surface area contributed by atoms with Crippen molar-refractivity contribution in [2.24, 2.45) is 16.1 Å². The lowest BCUT2D eigenvalue weighted by Crippen LogP contribution is -2.26. The van der Waals surface area contributed by atoms with Crippen LogP contribution in [0, 0.1) is 5.41 Å². The highest BCUT2D eigenvalue weighted by Crippen LogP contribution is 2.34. The molecule has 0 atom stereocenters. The van der Waals surface area contributed by atoms with Gasteiger partial charge in [0.15, 0.2) is 0 Å². The summed E-state index contributed by atoms with van der Waals surface area (Å²) in [5.41, 5.74) is 8.39. The minimum Gasteiger partial charge on any atom is -0.357 e. The third-order valence-electron chi connectivity index (χ3n) is 5.49. The molecule has 0 spiro atoms. The Kier molecular flexibility index (Phi) is 13.4. The van der Waals surface area contributed by atoms with Gasteiger partial charge in [0.05, 0.1) is 5.70 Å². The second-order valence-electron chi connectivity index (χ2n) is 9.63. The fraction of sp³-hybridized carbons (Fsp3) is 0.607. The summed E-state index contributed by atoms with van der Waals surface area (Å²) in [5.74, 6) is 1.04. The number of amidine groups is 1. The number of nitrogens with two attached hydrogens (primary N) is 1. The largest absolute Gasteiger partial charge is 0.357 e. The second-order valence-corrected chi connectivity index (χ2v) is 9.63. The van der Waals surface area contributed by atoms with Crippen LogP contribution >= 0.6 is 0 Å². The molecule has 0 saturated carbocycles. The highest BCUT2D eigenvalue weighted by atomic mass is 15.2. The Morgan fingerprint density at radius 3 is 1.97 bits per heavy atom. The van der Waals surface area contributed by atoms with E-state index in [4.69, 9.17) is 4.99 Å². The molecule has 1 heterocycles. The van der Waals surface area contributed by atoms with Crippen LogP contribution in [0.25, 0.3) is 5.70 Å². The van der Waals surface area contributed by atoms with Crippen LogP contribution in [0.4, 0.5) is 0 Å². The summed E-state index contributed by atoms with van der Waals surface area (Å²) in [7, 11) is 1.50. The summed E-state index contributed by atoms with van der Waals surface area (Å²) >= 11 is 0. The number of allylic oxidation sites excluding steroid dienone is 1. The molecule has 2 N–H and O–H groups in total. The van der Waals surface area contributed by atoms with E-state index in [1.807, 2.05) is 20.8 Å². The molecule has 0 aliphatic carbocycles. The lowest BCUT2D eigenvalue weighted by molar-refractivity contribution is 0.315. The lowest BCUT2D eigenvalue weighted by Gasteiger charge is -2.29. The fourth-order valence-electron chi connectivity index (χ4n) is 3.46. The first-order valence-electron chi connectivity index (χ1n) is 12.0. The number of hydrogen-bond acceptors (Lipinski definition) is 2. The molecule has 1 fully saturated rings. The smallest absolute Gasteiger partial charge is 0.128 e. The first-order valence-corrected chi connectivity index (χ1v) is 12.0. The average Bonchev–Trinajstić information content (AvgIpc) is 3.29. The van der Waals surface area contributed by atoms with E-state index in [0.29, 0.717) is 5.41 Å². The van der Waals surface area contributed by atoms with Crippen LogP contribution in [0.5, 0.6) is 0 Å². The van der Waals surface area contributed by atoms with Gasteiger partial charge in [-0.25, -0.2) is 4.99 Å². The Bertz CT molecular complexity index is 682. The molecule has 1 saturated heterocycles. The topological polar surface area (TPSA) is 41.6 Å². The zero-order chi connectivity index (χ0) is 24.1. The van der Waals surface area contributed by atoms with E-state index in [-0.39, 0.29) is 5.41 Å². The number of rotatable bonds is 6. The van der Waals surface area contributed by atoms with Crippen molar-refractivity contribution in [3.8, 4) is 0 Å². The summed E-state index contributed by atoms with van der Waals surface area (Å²) < 4.78 is 0. The molecule has 0 unspecified atom stereocenters. The summed E-state index contributed by atoms with van der Waals surface area (Å²) in [5, 5.41) is 0. The zero-order valence-corrected chi connectivity index (χ0v) is 21.9. The molecular formula is C28H49N3. The summed E-state index contributed by atoms with van der Waals surface area (Å²) in [4.78, 5) is 7.20. The first kappa shape index (κ1) is 29.1. The van der Waals surface area contributed by atoms with Crippen LogP contribution in [-0.2, 0) is 5.41 Å². The SMILES string of the molecule is C=C(N=C(/C=C\C)N1CCCC1)c1ccc(C(C)(C)CCC(C)(C)C)cc1.CC.CN. The Balaban J connectivity index is 0.00000212. The van der Waals surface area contributed by atoms with Crippen LogP contribution in [0.15, 0.2) is 48.0 Å². The van der Waals surface area contributed by atoms with E-state index in [1.54, 1.807) is 0 Å². The predicted molar refractivity (Wildman–Crippen MR) is 142 cm³/mol. The standard InChI is InChI=1S/C25H38N2.C2H6.CH5N/c1-8-11-23(27-18-9-10-19-27)26-20(2)21-12-14-22(15-13-21)25(6,7)17-16-24(3,4)5;2*1-2/h8,11-15H,2,9-10,16-19H2,1,3-7H3;1-2H3;2H2,1H3/b11-8-,26-23?;;. The van der Waals surface area contributed by atoms with Crippen molar-refractivity contribution in [1.29, 1.82) is 0 Å². The van der Waals surface area contributed by atoms with Gasteiger partial charge in [-0.05, 0) is 67.7 Å². The van der Waals surface area contributed by atoms with E-state index < -0.39 is 0 Å². The van der Waals surface area contributed by atoms with Gasteiger partial charge < -0.3 is 10.6 Å². The van der Waals surface area contributed by atoms with Crippen molar-refractivity contribution in [1.82, 2.24) is 4.90 Å². The molecule has 1 aromatic carbocycles. The summed E-state index contributed by atoms with van der Waals surface area (Å²) in [6.45, 7) is 24.1. The maximum Gasteiger partial charge on any atom is 0.128 e. The van der Waals surface area contributed by atoms with Crippen LogP contribution in [0.2, 0.25) is 0 Å². The number of benzene rings is 1. The van der Waals surface area contributed by atoms with Gasteiger partial charge in [-0.15, -0.1) is 0 Å². The van der Waals surface area contributed by atoms with Crippen molar-refractivity contribution in [2.75, 3.05) is 20.1 Å². The van der Waals surface area contributed by atoms with Gasteiger partial charge in [-0.3, -0.25) is 0 Å². The maximum absolute atomic E-state index is 4.84. The quantitative estimate of drug-likeness (QED) is 0.379. The highest BCUT2D eigenvalue weighted by Gasteiger charge is 2.23. The van der Waals surface area contributed by atoms with Gasteiger partial charge >= 0.3 is 0 Å². The summed E-state index contributed by atoms with van der Waals surface area (Å²) in [6.07, 6.45) is 9.07. The second kappa shape index (κ2) is 14.2. The fourth-order valence-corrected chi connectivity index (χ4v) is 3.46. The molecule has 176 valence electrons. The molecule has 3 heteroatoms. The Morgan fingerprint density at radius 1 is 1.00 bits per heavy atom. The Hall–Kier alpha value is -1.87. The molecule has 0 amide bonds. The third kappa shape index (κ3) is 10.3. The van der Waals surface area contributed by atoms with Crippen LogP contribution < -0.4 is 5.73 Å². The molecule has 1 aromatic rings. The lowest BCUT2D eigenvalue weighted by atomic mass is 9.76. The monoisotopic (exact) mass is 427 g/mol. The van der Waals surface area contributed by atoms with E-state index in [1.165, 1.54) is 38.3 Å². The molecule has 1 aliphatic rings. The predicted octanol–water partition coefficient (Wildman–Crippen LogP) is 7.43. The number of nitrogens with zero attached hydrogens (tertiary/aromatic N) is 2. The Morgan fingerprint density at radius 2 is 1.52 bits per heavy atom. The molecule has 31 heavy (non-hydrogen) atoms. The van der Waals surface area contributed by atoms with E-state index in [0.717, 1.165) is 30.2 Å². The summed E-state index contributed by atoms with van der Waals surface area (Å²) in [6, 6.07) is 8.86. The van der Waals surface area contributed by atoms with E-state index in [9.17, 15) is 0 Å². The zero-order valence-electron chi connectivity index (χ0n) is 21.9. The van der Waals surface area contributed by atoms with E-state index in [2.05, 4.69) is 88.2 Å².